The molecule has 1 aliphatic rings. The maximum Gasteiger partial charge on any atom is 0.254 e. The average Bonchev–Trinajstić information content (AvgIpc) is 2.74. The Kier molecular flexibility index (Phi) is 4.18. The zero-order chi connectivity index (χ0) is 14.9. The molecule has 110 valence electrons. The molecule has 0 aromatic heterocycles. The maximum atomic E-state index is 12.6. The summed E-state index contributed by atoms with van der Waals surface area (Å²) in [5.74, 6) is 0.212. The van der Waals surface area contributed by atoms with Crippen LogP contribution in [0.25, 0.3) is 0 Å². The van der Waals surface area contributed by atoms with Crippen molar-refractivity contribution in [3.8, 4) is 0 Å². The van der Waals surface area contributed by atoms with E-state index in [9.17, 15) is 13.2 Å². The van der Waals surface area contributed by atoms with Crippen LogP contribution in [0, 0.1) is 13.8 Å². The van der Waals surface area contributed by atoms with Gasteiger partial charge in [0.05, 0.1) is 11.5 Å². The van der Waals surface area contributed by atoms with Gasteiger partial charge in [-0.1, -0.05) is 6.07 Å². The Balaban J connectivity index is 2.23. The summed E-state index contributed by atoms with van der Waals surface area (Å²) in [6.45, 7) is 6.41. The van der Waals surface area contributed by atoms with Gasteiger partial charge in [-0.2, -0.15) is 0 Å². The minimum absolute atomic E-state index is 0.0716. The summed E-state index contributed by atoms with van der Waals surface area (Å²) in [5.41, 5.74) is 2.86. The molecule has 5 heteroatoms. The van der Waals surface area contributed by atoms with E-state index in [4.69, 9.17) is 0 Å². The van der Waals surface area contributed by atoms with Crippen LogP contribution in [0.1, 0.15) is 34.8 Å². The summed E-state index contributed by atoms with van der Waals surface area (Å²) in [5, 5.41) is 0. The molecule has 20 heavy (non-hydrogen) atoms. The van der Waals surface area contributed by atoms with Gasteiger partial charge in [0.2, 0.25) is 0 Å². The highest BCUT2D eigenvalue weighted by Crippen LogP contribution is 2.20. The van der Waals surface area contributed by atoms with Crippen LogP contribution in [0.5, 0.6) is 0 Å². The van der Waals surface area contributed by atoms with E-state index < -0.39 is 9.84 Å². The molecule has 0 unspecified atom stereocenters. The topological polar surface area (TPSA) is 54.5 Å². The number of amides is 1. The molecule has 2 rings (SSSR count). The van der Waals surface area contributed by atoms with Crippen molar-refractivity contribution in [2.75, 3.05) is 18.1 Å². The van der Waals surface area contributed by atoms with E-state index in [1.807, 2.05) is 39.0 Å². The number of sulfone groups is 1. The highest BCUT2D eigenvalue weighted by molar-refractivity contribution is 7.91. The predicted octanol–water partition coefficient (Wildman–Crippen LogP) is 1.95. The molecular weight excluding hydrogens is 274 g/mol. The number of benzene rings is 1. The van der Waals surface area contributed by atoms with Crippen molar-refractivity contribution in [3.63, 3.8) is 0 Å². The Morgan fingerprint density at radius 3 is 2.50 bits per heavy atom. The number of rotatable bonds is 3. The molecule has 0 radical (unpaired) electrons. The van der Waals surface area contributed by atoms with Gasteiger partial charge in [-0.15, -0.1) is 0 Å². The summed E-state index contributed by atoms with van der Waals surface area (Å²) in [4.78, 5) is 14.3. The molecule has 1 aliphatic heterocycles. The quantitative estimate of drug-likeness (QED) is 0.856. The van der Waals surface area contributed by atoms with Gasteiger partial charge in [-0.25, -0.2) is 8.42 Å². The number of hydrogen-bond donors (Lipinski definition) is 0. The zero-order valence-corrected chi connectivity index (χ0v) is 13.0. The molecule has 1 heterocycles. The minimum atomic E-state index is -2.98. The summed E-state index contributed by atoms with van der Waals surface area (Å²) in [6.07, 6.45) is 0.548. The molecule has 0 spiro atoms. The lowest BCUT2D eigenvalue weighted by molar-refractivity contribution is 0.0708. The lowest BCUT2D eigenvalue weighted by atomic mass is 10.0. The highest BCUT2D eigenvalue weighted by Gasteiger charge is 2.34. The van der Waals surface area contributed by atoms with Gasteiger partial charge in [0.15, 0.2) is 9.84 Å². The summed E-state index contributed by atoms with van der Waals surface area (Å²) in [7, 11) is -2.98. The van der Waals surface area contributed by atoms with Crippen molar-refractivity contribution in [1.82, 2.24) is 4.90 Å². The fourth-order valence-corrected chi connectivity index (χ4v) is 4.36. The maximum absolute atomic E-state index is 12.6. The van der Waals surface area contributed by atoms with Crippen LogP contribution in [0.15, 0.2) is 18.2 Å². The van der Waals surface area contributed by atoms with Crippen molar-refractivity contribution < 1.29 is 13.2 Å². The fraction of sp³-hybridized carbons (Fsp3) is 0.533. The molecule has 1 aromatic rings. The van der Waals surface area contributed by atoms with Gasteiger partial charge in [0, 0.05) is 18.2 Å². The van der Waals surface area contributed by atoms with Crippen LogP contribution < -0.4 is 0 Å². The van der Waals surface area contributed by atoms with Gasteiger partial charge in [0.1, 0.15) is 0 Å². The highest BCUT2D eigenvalue weighted by atomic mass is 32.2. The largest absolute Gasteiger partial charge is 0.335 e. The molecule has 1 saturated heterocycles. The van der Waals surface area contributed by atoms with Crippen LogP contribution in [0.4, 0.5) is 0 Å². The second-order valence-electron chi connectivity index (χ2n) is 5.45. The van der Waals surface area contributed by atoms with Crippen LogP contribution in [-0.2, 0) is 9.84 Å². The van der Waals surface area contributed by atoms with Crippen molar-refractivity contribution in [2.24, 2.45) is 0 Å². The van der Waals surface area contributed by atoms with Gasteiger partial charge >= 0.3 is 0 Å². The average molecular weight is 295 g/mol. The summed E-state index contributed by atoms with van der Waals surface area (Å²) < 4.78 is 23.2. The van der Waals surface area contributed by atoms with Gasteiger partial charge < -0.3 is 4.90 Å². The standard InChI is InChI=1S/C15H21NO3S/c1-4-16(14-7-8-20(18,19)10-14)15(17)13-6-5-11(2)12(3)9-13/h5-6,9,14H,4,7-8,10H2,1-3H3/t14-/m1/s1. The Morgan fingerprint density at radius 2 is 2.00 bits per heavy atom. The number of aryl methyl sites for hydroxylation is 2. The fourth-order valence-electron chi connectivity index (χ4n) is 2.63. The summed E-state index contributed by atoms with van der Waals surface area (Å²) in [6, 6.07) is 5.45. The molecule has 0 aliphatic carbocycles. The Bertz CT molecular complexity index is 622. The Morgan fingerprint density at radius 1 is 1.30 bits per heavy atom. The second kappa shape index (κ2) is 5.56. The van der Waals surface area contributed by atoms with Crippen molar-refractivity contribution in [1.29, 1.82) is 0 Å². The molecule has 4 nitrogen and oxygen atoms in total. The normalized spacial score (nSPS) is 20.9. The Hall–Kier alpha value is -1.36. The molecule has 0 N–H and O–H groups in total. The van der Waals surface area contributed by atoms with Crippen LogP contribution in [0.2, 0.25) is 0 Å². The van der Waals surface area contributed by atoms with E-state index in [2.05, 4.69) is 0 Å². The first-order valence-electron chi connectivity index (χ1n) is 6.92. The van der Waals surface area contributed by atoms with E-state index in [-0.39, 0.29) is 23.5 Å². The lowest BCUT2D eigenvalue weighted by Crippen LogP contribution is -2.41. The number of hydrogen-bond acceptors (Lipinski definition) is 3. The van der Waals surface area contributed by atoms with E-state index in [1.54, 1.807) is 4.90 Å². The van der Waals surface area contributed by atoms with Gasteiger partial charge in [-0.05, 0) is 50.5 Å². The smallest absolute Gasteiger partial charge is 0.254 e. The lowest BCUT2D eigenvalue weighted by Gasteiger charge is -2.27. The zero-order valence-electron chi connectivity index (χ0n) is 12.2. The van der Waals surface area contributed by atoms with Crippen LogP contribution in [0.3, 0.4) is 0 Å². The SMILES string of the molecule is CCN(C(=O)c1ccc(C)c(C)c1)[C@@H]1CCS(=O)(=O)C1. The second-order valence-corrected chi connectivity index (χ2v) is 7.68. The third-order valence-corrected chi connectivity index (χ3v) is 5.75. The molecule has 0 saturated carbocycles. The van der Waals surface area contributed by atoms with Crippen molar-refractivity contribution in [3.05, 3.63) is 34.9 Å². The molecule has 1 amide bonds. The number of carbonyl (C=O) groups is 1. The molecule has 1 aromatic carbocycles. The van der Waals surface area contributed by atoms with E-state index in [0.29, 0.717) is 18.5 Å². The van der Waals surface area contributed by atoms with Gasteiger partial charge in [0.25, 0.3) is 5.91 Å². The van der Waals surface area contributed by atoms with Crippen LogP contribution >= 0.6 is 0 Å². The molecule has 1 fully saturated rings. The predicted molar refractivity (Wildman–Crippen MR) is 79.7 cm³/mol. The van der Waals surface area contributed by atoms with Gasteiger partial charge in [-0.3, -0.25) is 4.79 Å². The third-order valence-electron chi connectivity index (χ3n) is 4.00. The summed E-state index contributed by atoms with van der Waals surface area (Å²) >= 11 is 0. The number of nitrogens with zero attached hydrogens (tertiary/aromatic N) is 1. The van der Waals surface area contributed by atoms with E-state index in [1.165, 1.54) is 0 Å². The first-order valence-corrected chi connectivity index (χ1v) is 8.75. The molecular formula is C15H21NO3S. The van der Waals surface area contributed by atoms with Crippen molar-refractivity contribution in [2.45, 2.75) is 33.2 Å². The monoisotopic (exact) mass is 295 g/mol. The molecule has 1 atom stereocenters. The van der Waals surface area contributed by atoms with E-state index in [0.717, 1.165) is 11.1 Å². The third kappa shape index (κ3) is 3.03. The Labute approximate surface area is 120 Å². The molecule has 0 bridgehead atoms. The van der Waals surface area contributed by atoms with Crippen LogP contribution in [-0.4, -0.2) is 43.3 Å². The van der Waals surface area contributed by atoms with E-state index >= 15 is 0 Å². The first kappa shape index (κ1) is 15.0. The minimum Gasteiger partial charge on any atom is -0.335 e. The van der Waals surface area contributed by atoms with Crippen molar-refractivity contribution >= 4 is 15.7 Å². The first-order chi connectivity index (χ1) is 9.34. The number of carbonyl (C=O) groups excluding carboxylic acids is 1.